The van der Waals surface area contributed by atoms with Gasteiger partial charge in [-0.15, -0.1) is 0 Å². The molecular formula is C18H21NO3S. The van der Waals surface area contributed by atoms with Gasteiger partial charge in [0, 0.05) is 0 Å². The van der Waals surface area contributed by atoms with Crippen LogP contribution in [0.4, 0.5) is 0 Å². The first-order valence-corrected chi connectivity index (χ1v) is 8.61. The predicted octanol–water partition coefficient (Wildman–Crippen LogP) is 3.38. The minimum atomic E-state index is -1.55. The summed E-state index contributed by atoms with van der Waals surface area (Å²) in [6.45, 7) is 5.60. The SMILES string of the molecule is Cc1ccc(-c2ccc(S(=O)NC(C(=O)O)C(C)C)cc2)cc1. The fraction of sp³-hybridized carbons (Fsp3) is 0.278. The van der Waals surface area contributed by atoms with Crippen LogP contribution in [0.5, 0.6) is 0 Å². The molecule has 2 atom stereocenters. The van der Waals surface area contributed by atoms with E-state index in [4.69, 9.17) is 5.11 Å². The van der Waals surface area contributed by atoms with Gasteiger partial charge in [-0.05, 0) is 36.1 Å². The molecule has 2 unspecified atom stereocenters. The second-order valence-corrected chi connectivity index (χ2v) is 7.08. The molecule has 2 N–H and O–H groups in total. The Balaban J connectivity index is 2.14. The van der Waals surface area contributed by atoms with Crippen LogP contribution in [-0.2, 0) is 15.8 Å². The van der Waals surface area contributed by atoms with Crippen LogP contribution in [0.25, 0.3) is 11.1 Å². The Bertz CT molecular complexity index is 693. The Morgan fingerprint density at radius 1 is 1.00 bits per heavy atom. The summed E-state index contributed by atoms with van der Waals surface area (Å²) in [5, 5.41) is 9.16. The van der Waals surface area contributed by atoms with Crippen LogP contribution in [0.2, 0.25) is 0 Å². The molecule has 2 rings (SSSR count). The maximum absolute atomic E-state index is 12.3. The van der Waals surface area contributed by atoms with Gasteiger partial charge in [-0.3, -0.25) is 4.79 Å². The smallest absolute Gasteiger partial charge is 0.321 e. The lowest BCUT2D eigenvalue weighted by Crippen LogP contribution is -2.41. The zero-order valence-corrected chi connectivity index (χ0v) is 14.3. The number of nitrogens with one attached hydrogen (secondary N) is 1. The van der Waals surface area contributed by atoms with Crippen LogP contribution in [-0.4, -0.2) is 21.3 Å². The van der Waals surface area contributed by atoms with Gasteiger partial charge in [0.2, 0.25) is 0 Å². The van der Waals surface area contributed by atoms with Crippen LogP contribution in [0.15, 0.2) is 53.4 Å². The van der Waals surface area contributed by atoms with E-state index in [2.05, 4.69) is 4.72 Å². The molecule has 0 bridgehead atoms. The van der Waals surface area contributed by atoms with Crippen molar-refractivity contribution in [2.45, 2.75) is 31.7 Å². The van der Waals surface area contributed by atoms with Gasteiger partial charge in [-0.25, -0.2) is 8.93 Å². The van der Waals surface area contributed by atoms with Crippen molar-refractivity contribution < 1.29 is 14.1 Å². The molecule has 0 aliphatic carbocycles. The predicted molar refractivity (Wildman–Crippen MR) is 92.4 cm³/mol. The van der Waals surface area contributed by atoms with Crippen molar-refractivity contribution in [2.75, 3.05) is 0 Å². The van der Waals surface area contributed by atoms with Crippen molar-refractivity contribution in [1.82, 2.24) is 4.72 Å². The molecule has 122 valence electrons. The highest BCUT2D eigenvalue weighted by Gasteiger charge is 2.23. The van der Waals surface area contributed by atoms with Crippen molar-refractivity contribution in [2.24, 2.45) is 5.92 Å². The number of aryl methyl sites for hydroxylation is 1. The number of rotatable bonds is 6. The van der Waals surface area contributed by atoms with Crippen LogP contribution in [0.3, 0.4) is 0 Å². The first-order chi connectivity index (χ1) is 10.9. The first kappa shape index (κ1) is 17.4. The lowest BCUT2D eigenvalue weighted by atomic mass is 10.0. The number of hydrogen-bond acceptors (Lipinski definition) is 2. The van der Waals surface area contributed by atoms with Gasteiger partial charge in [-0.1, -0.05) is 55.8 Å². The van der Waals surface area contributed by atoms with Crippen LogP contribution >= 0.6 is 0 Å². The number of aliphatic carboxylic acids is 1. The number of hydrogen-bond donors (Lipinski definition) is 2. The molecule has 0 saturated heterocycles. The second-order valence-electron chi connectivity index (χ2n) is 5.84. The quantitative estimate of drug-likeness (QED) is 0.853. The highest BCUT2D eigenvalue weighted by molar-refractivity contribution is 7.83. The van der Waals surface area contributed by atoms with Crippen molar-refractivity contribution in [1.29, 1.82) is 0 Å². The van der Waals surface area contributed by atoms with E-state index in [0.29, 0.717) is 4.90 Å². The fourth-order valence-electron chi connectivity index (χ4n) is 2.17. The van der Waals surface area contributed by atoms with Gasteiger partial charge >= 0.3 is 5.97 Å². The maximum atomic E-state index is 12.3. The Morgan fingerprint density at radius 3 is 1.91 bits per heavy atom. The molecule has 23 heavy (non-hydrogen) atoms. The summed E-state index contributed by atoms with van der Waals surface area (Å²) in [7, 11) is -1.55. The van der Waals surface area contributed by atoms with E-state index in [0.717, 1.165) is 11.1 Å². The molecule has 0 aliphatic heterocycles. The molecule has 0 aromatic heterocycles. The van der Waals surface area contributed by atoms with E-state index < -0.39 is 23.0 Å². The minimum Gasteiger partial charge on any atom is -0.480 e. The summed E-state index contributed by atoms with van der Waals surface area (Å²) in [5.41, 5.74) is 3.32. The second kappa shape index (κ2) is 7.53. The van der Waals surface area contributed by atoms with Gasteiger partial charge in [0.25, 0.3) is 0 Å². The monoisotopic (exact) mass is 331 g/mol. The number of carbonyl (C=O) groups is 1. The summed E-state index contributed by atoms with van der Waals surface area (Å²) in [4.78, 5) is 11.7. The van der Waals surface area contributed by atoms with Gasteiger partial charge in [0.1, 0.15) is 17.0 Å². The summed E-state index contributed by atoms with van der Waals surface area (Å²) < 4.78 is 15.0. The Labute approximate surface area is 139 Å². The molecule has 0 heterocycles. The van der Waals surface area contributed by atoms with Gasteiger partial charge < -0.3 is 5.11 Å². The molecule has 2 aromatic rings. The highest BCUT2D eigenvalue weighted by atomic mass is 32.2. The standard InChI is InChI=1S/C18H21NO3S/c1-12(2)17(18(20)21)19-23(22)16-10-8-15(9-11-16)14-6-4-13(3)5-7-14/h4-12,17,19H,1-3H3,(H,20,21). The van der Waals surface area contributed by atoms with Gasteiger partial charge in [0.05, 0.1) is 4.90 Å². The van der Waals surface area contributed by atoms with Crippen molar-refractivity contribution >= 4 is 17.0 Å². The Kier molecular flexibility index (Phi) is 5.69. The zero-order chi connectivity index (χ0) is 17.0. The Hall–Kier alpha value is -1.98. The molecular weight excluding hydrogens is 310 g/mol. The van der Waals surface area contributed by atoms with Crippen molar-refractivity contribution in [3.63, 3.8) is 0 Å². The number of carboxylic acid groups (broad SMARTS) is 1. The summed E-state index contributed by atoms with van der Waals surface area (Å²) in [6.07, 6.45) is 0. The van der Waals surface area contributed by atoms with E-state index in [-0.39, 0.29) is 5.92 Å². The zero-order valence-electron chi connectivity index (χ0n) is 13.4. The largest absolute Gasteiger partial charge is 0.480 e. The van der Waals surface area contributed by atoms with Crippen molar-refractivity contribution in [3.8, 4) is 11.1 Å². The fourth-order valence-corrected chi connectivity index (χ4v) is 3.29. The number of benzene rings is 2. The normalized spacial score (nSPS) is 13.7. The molecule has 4 nitrogen and oxygen atoms in total. The van der Waals surface area contributed by atoms with Crippen molar-refractivity contribution in [3.05, 3.63) is 54.1 Å². The summed E-state index contributed by atoms with van der Waals surface area (Å²) in [6, 6.07) is 14.6. The van der Waals surface area contributed by atoms with E-state index in [9.17, 15) is 9.00 Å². The Morgan fingerprint density at radius 2 is 1.48 bits per heavy atom. The average Bonchev–Trinajstić information content (AvgIpc) is 2.52. The van der Waals surface area contributed by atoms with Crippen LogP contribution in [0, 0.1) is 12.8 Å². The minimum absolute atomic E-state index is 0.150. The van der Waals surface area contributed by atoms with Gasteiger partial charge in [0.15, 0.2) is 0 Å². The van der Waals surface area contributed by atoms with E-state index in [1.807, 2.05) is 43.3 Å². The van der Waals surface area contributed by atoms with Crippen LogP contribution < -0.4 is 4.72 Å². The van der Waals surface area contributed by atoms with Gasteiger partial charge in [-0.2, -0.15) is 0 Å². The third-order valence-electron chi connectivity index (χ3n) is 3.62. The molecule has 0 radical (unpaired) electrons. The van der Waals surface area contributed by atoms with E-state index in [1.54, 1.807) is 26.0 Å². The van der Waals surface area contributed by atoms with E-state index in [1.165, 1.54) is 5.56 Å². The first-order valence-electron chi connectivity index (χ1n) is 7.46. The molecule has 0 aliphatic rings. The average molecular weight is 331 g/mol. The third-order valence-corrected chi connectivity index (χ3v) is 4.79. The molecule has 0 amide bonds. The highest BCUT2D eigenvalue weighted by Crippen LogP contribution is 2.21. The van der Waals surface area contributed by atoms with E-state index >= 15 is 0 Å². The summed E-state index contributed by atoms with van der Waals surface area (Å²) in [5.74, 6) is -1.15. The van der Waals surface area contributed by atoms with Crippen LogP contribution in [0.1, 0.15) is 19.4 Å². The maximum Gasteiger partial charge on any atom is 0.321 e. The number of carboxylic acids is 1. The molecule has 0 spiro atoms. The third kappa shape index (κ3) is 4.50. The lowest BCUT2D eigenvalue weighted by molar-refractivity contribution is -0.140. The molecule has 5 heteroatoms. The molecule has 0 fully saturated rings. The lowest BCUT2D eigenvalue weighted by Gasteiger charge is -2.17. The topological polar surface area (TPSA) is 66.4 Å². The molecule has 0 saturated carbocycles. The molecule has 2 aromatic carbocycles. The summed E-state index contributed by atoms with van der Waals surface area (Å²) >= 11 is 0.